The highest BCUT2D eigenvalue weighted by Gasteiger charge is 2.25. The molecule has 15 heavy (non-hydrogen) atoms. The maximum atomic E-state index is 11.3. The minimum absolute atomic E-state index is 0.146. The van der Waals surface area contributed by atoms with Gasteiger partial charge in [-0.2, -0.15) is 0 Å². The monoisotopic (exact) mass is 233 g/mol. The van der Waals surface area contributed by atoms with Crippen LogP contribution in [0.2, 0.25) is 0 Å². The van der Waals surface area contributed by atoms with Crippen molar-refractivity contribution in [3.63, 3.8) is 0 Å². The molecule has 0 bridgehead atoms. The summed E-state index contributed by atoms with van der Waals surface area (Å²) in [5.41, 5.74) is 0. The van der Waals surface area contributed by atoms with Gasteiger partial charge < -0.3 is 4.74 Å². The van der Waals surface area contributed by atoms with Gasteiger partial charge in [-0.25, -0.2) is 8.42 Å². The molecule has 0 aromatic rings. The van der Waals surface area contributed by atoms with Crippen LogP contribution in [0.3, 0.4) is 0 Å². The van der Waals surface area contributed by atoms with Crippen molar-refractivity contribution >= 4 is 9.84 Å². The lowest BCUT2D eigenvalue weighted by atomic mass is 10.1. The maximum absolute atomic E-state index is 11.3. The molecule has 1 saturated heterocycles. The third-order valence-corrected chi connectivity index (χ3v) is 4.19. The first-order valence-electron chi connectivity index (χ1n) is 5.17. The average molecular weight is 233 g/mol. The molecule has 0 amide bonds. The predicted molar refractivity (Wildman–Crippen MR) is 60.4 cm³/mol. The molecule has 1 aliphatic rings. The van der Waals surface area contributed by atoms with Crippen LogP contribution in [0.25, 0.3) is 0 Å². The van der Waals surface area contributed by atoms with E-state index in [-0.39, 0.29) is 17.9 Å². The van der Waals surface area contributed by atoms with Gasteiger partial charge in [-0.15, -0.1) is 0 Å². The first-order chi connectivity index (χ1) is 6.96. The molecule has 0 aromatic carbocycles. The van der Waals surface area contributed by atoms with Crippen LogP contribution in [-0.4, -0.2) is 50.9 Å². The van der Waals surface area contributed by atoms with E-state index in [1.165, 1.54) is 0 Å². The first kappa shape index (κ1) is 12.7. The molecular weight excluding hydrogens is 214 g/mol. The topological polar surface area (TPSA) is 46.6 Å². The zero-order valence-corrected chi connectivity index (χ0v) is 10.2. The Morgan fingerprint density at radius 2 is 2.20 bits per heavy atom. The Labute approximate surface area is 91.8 Å². The van der Waals surface area contributed by atoms with Gasteiger partial charge >= 0.3 is 0 Å². The average Bonchev–Trinajstić information content (AvgIpc) is 2.20. The van der Waals surface area contributed by atoms with E-state index < -0.39 is 9.84 Å². The van der Waals surface area contributed by atoms with Gasteiger partial charge in [0.2, 0.25) is 0 Å². The first-order valence-corrected chi connectivity index (χ1v) is 6.88. The third kappa shape index (κ3) is 3.59. The van der Waals surface area contributed by atoms with Crippen LogP contribution in [0, 0.1) is 0 Å². The maximum Gasteiger partial charge on any atom is 0.172 e. The number of rotatable bonds is 4. The van der Waals surface area contributed by atoms with Crippen LogP contribution >= 0.6 is 0 Å². The Hall–Kier alpha value is -0.390. The summed E-state index contributed by atoms with van der Waals surface area (Å²) in [7, 11) is -3.08. The van der Waals surface area contributed by atoms with Gasteiger partial charge in [0.25, 0.3) is 0 Å². The second-order valence-corrected chi connectivity index (χ2v) is 5.95. The van der Waals surface area contributed by atoms with Crippen molar-refractivity contribution in [2.75, 3.05) is 25.4 Å². The molecular formula is C10H19NO3S. The van der Waals surface area contributed by atoms with Crippen molar-refractivity contribution < 1.29 is 13.2 Å². The van der Waals surface area contributed by atoms with Gasteiger partial charge in [-0.05, 0) is 13.8 Å². The number of hydrogen-bond acceptors (Lipinski definition) is 4. The highest BCUT2D eigenvalue weighted by Crippen LogP contribution is 2.13. The molecule has 0 N–H and O–H groups in total. The fraction of sp³-hybridized carbons (Fsp3) is 0.800. The van der Waals surface area contributed by atoms with Crippen molar-refractivity contribution in [1.29, 1.82) is 0 Å². The molecule has 4 nitrogen and oxygen atoms in total. The van der Waals surface area contributed by atoms with Crippen LogP contribution < -0.4 is 0 Å². The fourth-order valence-electron chi connectivity index (χ4n) is 1.64. The summed E-state index contributed by atoms with van der Waals surface area (Å²) < 4.78 is 28.0. The quantitative estimate of drug-likeness (QED) is 0.715. The normalized spacial score (nSPS) is 28.9. The number of nitrogens with zero attached hydrogens (tertiary/aromatic N) is 1. The smallest absolute Gasteiger partial charge is 0.172 e. The minimum atomic E-state index is -3.08. The number of ether oxygens (including phenoxy) is 1. The van der Waals surface area contributed by atoms with E-state index in [4.69, 9.17) is 4.74 Å². The summed E-state index contributed by atoms with van der Waals surface area (Å²) in [5.74, 6) is 0.146. The van der Waals surface area contributed by atoms with Gasteiger partial charge in [0.1, 0.15) is 0 Å². The Balaban J connectivity index is 2.48. The molecule has 2 unspecified atom stereocenters. The molecule has 0 saturated carbocycles. The van der Waals surface area contributed by atoms with E-state index >= 15 is 0 Å². The Morgan fingerprint density at radius 3 is 2.80 bits per heavy atom. The highest BCUT2D eigenvalue weighted by atomic mass is 32.2. The fourth-order valence-corrected chi connectivity index (χ4v) is 2.29. The van der Waals surface area contributed by atoms with Gasteiger partial charge in [-0.1, -0.05) is 6.58 Å². The van der Waals surface area contributed by atoms with Crippen LogP contribution in [0.15, 0.2) is 12.0 Å². The number of sulfone groups is 1. The summed E-state index contributed by atoms with van der Waals surface area (Å²) in [6.07, 6.45) is 0.171. The van der Waals surface area contributed by atoms with Crippen molar-refractivity contribution in [3.05, 3.63) is 12.0 Å². The van der Waals surface area contributed by atoms with Gasteiger partial charge in [0, 0.05) is 24.5 Å². The molecule has 2 atom stereocenters. The van der Waals surface area contributed by atoms with Gasteiger partial charge in [0.05, 0.1) is 18.5 Å². The Morgan fingerprint density at radius 1 is 1.53 bits per heavy atom. The van der Waals surface area contributed by atoms with Gasteiger partial charge in [-0.3, -0.25) is 4.90 Å². The van der Waals surface area contributed by atoms with Gasteiger partial charge in [0.15, 0.2) is 9.84 Å². The summed E-state index contributed by atoms with van der Waals surface area (Å²) >= 11 is 0. The molecule has 0 radical (unpaired) electrons. The minimum Gasteiger partial charge on any atom is -0.376 e. The van der Waals surface area contributed by atoms with E-state index in [1.54, 1.807) is 0 Å². The summed E-state index contributed by atoms with van der Waals surface area (Å²) in [5, 5.41) is 1.03. The highest BCUT2D eigenvalue weighted by molar-refractivity contribution is 7.94. The molecule has 1 rings (SSSR count). The van der Waals surface area contributed by atoms with E-state index in [0.717, 1.165) is 12.0 Å². The Bertz CT molecular complexity index is 313. The van der Waals surface area contributed by atoms with Crippen LogP contribution in [0.4, 0.5) is 0 Å². The second-order valence-electron chi connectivity index (χ2n) is 3.89. The van der Waals surface area contributed by atoms with Crippen molar-refractivity contribution in [2.24, 2.45) is 0 Å². The lowest BCUT2D eigenvalue weighted by Crippen LogP contribution is -2.49. The lowest BCUT2D eigenvalue weighted by molar-refractivity contribution is -0.0527. The zero-order chi connectivity index (χ0) is 11.5. The molecule has 5 heteroatoms. The van der Waals surface area contributed by atoms with E-state index in [1.807, 2.05) is 6.92 Å². The largest absolute Gasteiger partial charge is 0.376 e. The molecule has 0 aromatic heterocycles. The summed E-state index contributed by atoms with van der Waals surface area (Å²) in [4.78, 5) is 2.15. The molecule has 0 aliphatic carbocycles. The standard InChI is InChI=1S/C10H19NO3S/c1-4-15(12,13)8-6-11-5-7-14-10(3)9(11)2/h4,9-10H,1,5-8H2,2-3H3. The molecule has 1 aliphatic heterocycles. The van der Waals surface area contributed by atoms with E-state index in [2.05, 4.69) is 18.4 Å². The molecule has 0 spiro atoms. The summed E-state index contributed by atoms with van der Waals surface area (Å²) in [6.45, 7) is 9.41. The molecule has 1 fully saturated rings. The van der Waals surface area contributed by atoms with Crippen LogP contribution in [-0.2, 0) is 14.6 Å². The number of morpholine rings is 1. The van der Waals surface area contributed by atoms with Crippen molar-refractivity contribution in [3.8, 4) is 0 Å². The van der Waals surface area contributed by atoms with E-state index in [0.29, 0.717) is 13.2 Å². The second kappa shape index (κ2) is 5.09. The number of hydrogen-bond donors (Lipinski definition) is 0. The molecule has 1 heterocycles. The third-order valence-electron chi connectivity index (χ3n) is 2.93. The molecule has 88 valence electrons. The zero-order valence-electron chi connectivity index (χ0n) is 9.35. The summed E-state index contributed by atoms with van der Waals surface area (Å²) in [6, 6.07) is 0.277. The SMILES string of the molecule is C=CS(=O)(=O)CCN1CCOC(C)C1C. The van der Waals surface area contributed by atoms with E-state index in [9.17, 15) is 8.42 Å². The van der Waals surface area contributed by atoms with Crippen LogP contribution in [0.1, 0.15) is 13.8 Å². The Kier molecular flexibility index (Phi) is 4.31. The van der Waals surface area contributed by atoms with Crippen molar-refractivity contribution in [2.45, 2.75) is 26.0 Å². The predicted octanol–water partition coefficient (Wildman–Crippen LogP) is 0.654. The lowest BCUT2D eigenvalue weighted by Gasteiger charge is -2.37. The van der Waals surface area contributed by atoms with Crippen LogP contribution in [0.5, 0.6) is 0 Å². The van der Waals surface area contributed by atoms with Crippen molar-refractivity contribution in [1.82, 2.24) is 4.90 Å².